The zero-order valence-electron chi connectivity index (χ0n) is 8.11. The van der Waals surface area contributed by atoms with Crippen molar-refractivity contribution in [2.24, 2.45) is 0 Å². The number of nitrogens with zero attached hydrogens (tertiary/aromatic N) is 1. The molecule has 2 rings (SSSR count). The third-order valence-electron chi connectivity index (χ3n) is 2.34. The Labute approximate surface area is 90.1 Å². The Morgan fingerprint density at radius 2 is 2.27 bits per heavy atom. The van der Waals surface area contributed by atoms with Crippen LogP contribution < -0.4 is 5.32 Å². The van der Waals surface area contributed by atoms with Gasteiger partial charge in [-0.3, -0.25) is 4.79 Å². The van der Waals surface area contributed by atoms with E-state index < -0.39 is 5.97 Å². The Morgan fingerprint density at radius 3 is 2.73 bits per heavy atom. The van der Waals surface area contributed by atoms with Crippen LogP contribution in [0.2, 0.25) is 0 Å². The summed E-state index contributed by atoms with van der Waals surface area (Å²) in [5, 5.41) is 12.9. The first-order chi connectivity index (χ1) is 7.00. The first-order valence-electron chi connectivity index (χ1n) is 4.51. The van der Waals surface area contributed by atoms with Crippen molar-refractivity contribution in [2.75, 3.05) is 0 Å². The molecule has 2 N–H and O–H groups in total. The van der Waals surface area contributed by atoms with E-state index in [9.17, 15) is 9.59 Å². The molecular weight excluding hydrogens is 216 g/mol. The monoisotopic (exact) mass is 226 g/mol. The number of carbonyl (C=O) groups is 2. The first kappa shape index (κ1) is 10.1. The Bertz CT molecular complexity index is 423. The number of nitrogens with one attached hydrogen (secondary N) is 1. The van der Waals surface area contributed by atoms with Crippen LogP contribution in [0.15, 0.2) is 5.38 Å². The van der Waals surface area contributed by atoms with E-state index in [1.165, 1.54) is 5.38 Å². The highest BCUT2D eigenvalue weighted by Crippen LogP contribution is 2.34. The lowest BCUT2D eigenvalue weighted by molar-refractivity contribution is 0.0696. The SMILES string of the molecule is CC1(NC(=O)c2csc(C(=O)O)n2)CC1. The molecule has 0 bridgehead atoms. The van der Waals surface area contributed by atoms with Crippen LogP contribution in [-0.4, -0.2) is 27.5 Å². The van der Waals surface area contributed by atoms with Crippen LogP contribution in [-0.2, 0) is 0 Å². The molecule has 1 amide bonds. The highest BCUT2D eigenvalue weighted by molar-refractivity contribution is 7.11. The molecule has 1 fully saturated rings. The zero-order chi connectivity index (χ0) is 11.1. The number of aromatic carboxylic acids is 1. The normalized spacial score (nSPS) is 17.1. The summed E-state index contributed by atoms with van der Waals surface area (Å²) in [4.78, 5) is 25.9. The van der Waals surface area contributed by atoms with E-state index in [4.69, 9.17) is 5.11 Å². The second kappa shape index (κ2) is 3.30. The second-order valence-electron chi connectivity index (χ2n) is 3.86. The Hall–Kier alpha value is -1.43. The van der Waals surface area contributed by atoms with Gasteiger partial charge in [-0.25, -0.2) is 9.78 Å². The number of amides is 1. The van der Waals surface area contributed by atoms with Gasteiger partial charge in [0.15, 0.2) is 0 Å². The van der Waals surface area contributed by atoms with Crippen molar-refractivity contribution in [2.45, 2.75) is 25.3 Å². The van der Waals surface area contributed by atoms with Crippen LogP contribution >= 0.6 is 11.3 Å². The Morgan fingerprint density at radius 1 is 1.60 bits per heavy atom. The van der Waals surface area contributed by atoms with Gasteiger partial charge in [0.05, 0.1) is 0 Å². The minimum atomic E-state index is -1.10. The zero-order valence-corrected chi connectivity index (χ0v) is 8.93. The molecule has 0 radical (unpaired) electrons. The van der Waals surface area contributed by atoms with Crippen LogP contribution in [0.3, 0.4) is 0 Å². The summed E-state index contributed by atoms with van der Waals surface area (Å²) >= 11 is 0.961. The minimum Gasteiger partial charge on any atom is -0.476 e. The smallest absolute Gasteiger partial charge is 0.365 e. The van der Waals surface area contributed by atoms with Crippen LogP contribution in [0.5, 0.6) is 0 Å². The van der Waals surface area contributed by atoms with Crippen LogP contribution in [0, 0.1) is 0 Å². The lowest BCUT2D eigenvalue weighted by Crippen LogP contribution is -2.34. The van der Waals surface area contributed by atoms with Gasteiger partial charge < -0.3 is 10.4 Å². The molecule has 0 unspecified atom stereocenters. The molecule has 1 aromatic rings. The average Bonchev–Trinajstić information content (AvgIpc) is 2.70. The van der Waals surface area contributed by atoms with Gasteiger partial charge >= 0.3 is 5.97 Å². The van der Waals surface area contributed by atoms with Gasteiger partial charge in [0.25, 0.3) is 5.91 Å². The van der Waals surface area contributed by atoms with E-state index in [-0.39, 0.29) is 22.1 Å². The fourth-order valence-corrected chi connectivity index (χ4v) is 1.76. The molecule has 6 heteroatoms. The maximum Gasteiger partial charge on any atom is 0.365 e. The average molecular weight is 226 g/mol. The van der Waals surface area contributed by atoms with Gasteiger partial charge in [-0.15, -0.1) is 11.3 Å². The number of aromatic nitrogens is 1. The van der Waals surface area contributed by atoms with Crippen molar-refractivity contribution < 1.29 is 14.7 Å². The molecule has 5 nitrogen and oxygen atoms in total. The Kier molecular flexibility index (Phi) is 2.22. The van der Waals surface area contributed by atoms with Crippen molar-refractivity contribution >= 4 is 23.2 Å². The molecule has 0 saturated heterocycles. The minimum absolute atomic E-state index is 0.0545. The predicted molar refractivity (Wildman–Crippen MR) is 54.2 cm³/mol. The topological polar surface area (TPSA) is 79.3 Å². The highest BCUT2D eigenvalue weighted by Gasteiger charge is 2.39. The first-order valence-corrected chi connectivity index (χ1v) is 5.39. The lowest BCUT2D eigenvalue weighted by Gasteiger charge is -2.08. The number of carbonyl (C=O) groups excluding carboxylic acids is 1. The summed E-state index contributed by atoms with van der Waals surface area (Å²) < 4.78 is 0. The van der Waals surface area contributed by atoms with Gasteiger partial charge in [-0.1, -0.05) is 0 Å². The number of hydrogen-bond acceptors (Lipinski definition) is 4. The number of rotatable bonds is 3. The highest BCUT2D eigenvalue weighted by atomic mass is 32.1. The maximum atomic E-state index is 11.6. The third-order valence-corrected chi connectivity index (χ3v) is 3.17. The molecule has 0 aliphatic heterocycles. The summed E-state index contributed by atoms with van der Waals surface area (Å²) in [5.74, 6) is -1.39. The van der Waals surface area contributed by atoms with Gasteiger partial charge in [0.1, 0.15) is 5.69 Å². The van der Waals surface area contributed by atoms with Crippen molar-refractivity contribution in [3.8, 4) is 0 Å². The molecule has 1 aliphatic carbocycles. The summed E-state index contributed by atoms with van der Waals surface area (Å²) in [5.41, 5.74) is 0.0786. The van der Waals surface area contributed by atoms with Crippen LogP contribution in [0.25, 0.3) is 0 Å². The van der Waals surface area contributed by atoms with E-state index in [2.05, 4.69) is 10.3 Å². The molecule has 1 saturated carbocycles. The van der Waals surface area contributed by atoms with E-state index in [0.29, 0.717) is 0 Å². The van der Waals surface area contributed by atoms with Crippen molar-refractivity contribution in [1.82, 2.24) is 10.3 Å². The van der Waals surface area contributed by atoms with E-state index >= 15 is 0 Å². The molecule has 1 heterocycles. The number of carboxylic acids is 1. The quantitative estimate of drug-likeness (QED) is 0.809. The third kappa shape index (κ3) is 2.15. The number of hydrogen-bond donors (Lipinski definition) is 2. The van der Waals surface area contributed by atoms with E-state index in [1.54, 1.807) is 0 Å². The predicted octanol–water partition coefficient (Wildman–Crippen LogP) is 1.12. The van der Waals surface area contributed by atoms with Gasteiger partial charge in [-0.2, -0.15) is 0 Å². The molecule has 1 aromatic heterocycles. The van der Waals surface area contributed by atoms with E-state index in [0.717, 1.165) is 24.2 Å². The fourth-order valence-electron chi connectivity index (χ4n) is 1.13. The molecule has 15 heavy (non-hydrogen) atoms. The summed E-state index contributed by atoms with van der Waals surface area (Å²) in [6.45, 7) is 1.95. The fraction of sp³-hybridized carbons (Fsp3) is 0.444. The van der Waals surface area contributed by atoms with Crippen LogP contribution in [0.4, 0.5) is 0 Å². The lowest BCUT2D eigenvalue weighted by atomic mass is 10.3. The number of thiazole rings is 1. The van der Waals surface area contributed by atoms with Gasteiger partial charge in [-0.05, 0) is 19.8 Å². The summed E-state index contributed by atoms with van der Waals surface area (Å²) in [6, 6.07) is 0. The standard InChI is InChI=1S/C9H10N2O3S/c1-9(2-3-9)11-6(12)5-4-15-7(10-5)8(13)14/h4H,2-3H2,1H3,(H,11,12)(H,13,14). The molecule has 0 spiro atoms. The van der Waals surface area contributed by atoms with Gasteiger partial charge in [0.2, 0.25) is 5.01 Å². The second-order valence-corrected chi connectivity index (χ2v) is 4.72. The van der Waals surface area contributed by atoms with Gasteiger partial charge in [0, 0.05) is 10.9 Å². The maximum absolute atomic E-state index is 11.6. The molecule has 1 aliphatic rings. The van der Waals surface area contributed by atoms with Crippen LogP contribution in [0.1, 0.15) is 40.1 Å². The Balaban J connectivity index is 2.08. The molecule has 0 atom stereocenters. The number of carboxylic acid groups (broad SMARTS) is 1. The molecule has 80 valence electrons. The van der Waals surface area contributed by atoms with Crippen molar-refractivity contribution in [1.29, 1.82) is 0 Å². The molecular formula is C9H10N2O3S. The van der Waals surface area contributed by atoms with Crippen molar-refractivity contribution in [3.05, 3.63) is 16.1 Å². The van der Waals surface area contributed by atoms with Crippen molar-refractivity contribution in [3.63, 3.8) is 0 Å². The summed E-state index contributed by atoms with van der Waals surface area (Å²) in [7, 11) is 0. The van der Waals surface area contributed by atoms with E-state index in [1.807, 2.05) is 6.92 Å². The molecule has 0 aromatic carbocycles. The summed E-state index contributed by atoms with van der Waals surface area (Å²) in [6.07, 6.45) is 1.93. The largest absolute Gasteiger partial charge is 0.476 e.